The van der Waals surface area contributed by atoms with Crippen LogP contribution in [0.2, 0.25) is 0 Å². The molecular weight excluding hydrogens is 252 g/mol. The minimum Gasteiger partial charge on any atom is -0.497 e. The van der Waals surface area contributed by atoms with Crippen LogP contribution in [0.15, 0.2) is 30.5 Å². The van der Waals surface area contributed by atoms with Crippen molar-refractivity contribution in [2.24, 2.45) is 0 Å². The van der Waals surface area contributed by atoms with E-state index in [9.17, 15) is 0 Å². The number of nitrogens with one attached hydrogen (secondary N) is 2. The van der Waals surface area contributed by atoms with Crippen LogP contribution in [0.25, 0.3) is 0 Å². The van der Waals surface area contributed by atoms with Crippen LogP contribution in [0.1, 0.15) is 11.1 Å². The Morgan fingerprint density at radius 2 is 2.15 bits per heavy atom. The molecule has 1 aromatic carbocycles. The van der Waals surface area contributed by atoms with Crippen LogP contribution in [-0.2, 0) is 6.42 Å². The maximum Gasteiger partial charge on any atom is 0.224 e. The van der Waals surface area contributed by atoms with Crippen molar-refractivity contribution >= 4 is 11.8 Å². The van der Waals surface area contributed by atoms with Crippen LogP contribution in [0, 0.1) is 6.92 Å². The van der Waals surface area contributed by atoms with E-state index in [1.54, 1.807) is 7.11 Å². The van der Waals surface area contributed by atoms with Crippen molar-refractivity contribution < 1.29 is 4.74 Å². The van der Waals surface area contributed by atoms with Crippen LogP contribution < -0.4 is 15.4 Å². The van der Waals surface area contributed by atoms with Crippen LogP contribution in [-0.4, -0.2) is 30.7 Å². The highest BCUT2D eigenvalue weighted by Crippen LogP contribution is 2.15. The van der Waals surface area contributed by atoms with E-state index in [1.807, 2.05) is 38.4 Å². The smallest absolute Gasteiger partial charge is 0.224 e. The molecule has 1 heterocycles. The van der Waals surface area contributed by atoms with E-state index < -0.39 is 0 Å². The van der Waals surface area contributed by atoms with Gasteiger partial charge in [-0.3, -0.25) is 0 Å². The lowest BCUT2D eigenvalue weighted by molar-refractivity contribution is 0.414. The van der Waals surface area contributed by atoms with Crippen molar-refractivity contribution in [1.82, 2.24) is 9.97 Å². The highest BCUT2D eigenvalue weighted by Gasteiger charge is 2.02. The average molecular weight is 272 g/mol. The number of aryl methyl sites for hydroxylation is 1. The summed E-state index contributed by atoms with van der Waals surface area (Å²) in [5, 5.41) is 6.28. The number of aromatic nitrogens is 2. The molecule has 2 aromatic rings. The minimum absolute atomic E-state index is 0.625. The Bertz CT molecular complexity index is 572. The predicted octanol–water partition coefficient (Wildman–Crippen LogP) is 2.49. The van der Waals surface area contributed by atoms with Gasteiger partial charge in [0.15, 0.2) is 0 Å². The molecule has 0 radical (unpaired) electrons. The van der Waals surface area contributed by atoms with Gasteiger partial charge in [0.1, 0.15) is 11.6 Å². The van der Waals surface area contributed by atoms with Gasteiger partial charge in [-0.15, -0.1) is 0 Å². The maximum atomic E-state index is 5.22. The minimum atomic E-state index is 0.625. The molecule has 0 aliphatic heterocycles. The number of rotatable bonds is 6. The number of ether oxygens (including phenoxy) is 1. The van der Waals surface area contributed by atoms with Crippen LogP contribution in [0.5, 0.6) is 5.75 Å². The molecule has 0 amide bonds. The highest BCUT2D eigenvalue weighted by molar-refractivity contribution is 5.46. The van der Waals surface area contributed by atoms with Gasteiger partial charge in [-0.1, -0.05) is 12.1 Å². The van der Waals surface area contributed by atoms with Crippen molar-refractivity contribution in [3.05, 3.63) is 41.6 Å². The first-order valence-corrected chi connectivity index (χ1v) is 6.61. The highest BCUT2D eigenvalue weighted by atomic mass is 16.5. The fraction of sp³-hybridized carbons (Fsp3) is 0.333. The number of benzene rings is 1. The average Bonchev–Trinajstić information content (AvgIpc) is 2.49. The molecule has 0 unspecified atom stereocenters. The topological polar surface area (TPSA) is 59.1 Å². The zero-order valence-electron chi connectivity index (χ0n) is 12.1. The van der Waals surface area contributed by atoms with E-state index in [1.165, 1.54) is 5.56 Å². The van der Waals surface area contributed by atoms with Crippen LogP contribution in [0.4, 0.5) is 11.8 Å². The van der Waals surface area contributed by atoms with E-state index in [0.717, 1.165) is 30.1 Å². The van der Waals surface area contributed by atoms with Gasteiger partial charge in [-0.25, -0.2) is 4.98 Å². The summed E-state index contributed by atoms with van der Waals surface area (Å²) in [7, 11) is 3.49. The van der Waals surface area contributed by atoms with E-state index in [0.29, 0.717) is 5.95 Å². The molecule has 1 aromatic heterocycles. The number of hydrogen-bond donors (Lipinski definition) is 2. The molecular formula is C15H20N4O. The summed E-state index contributed by atoms with van der Waals surface area (Å²) < 4.78 is 5.22. The molecule has 0 aliphatic carbocycles. The third kappa shape index (κ3) is 3.60. The summed E-state index contributed by atoms with van der Waals surface area (Å²) in [6, 6.07) is 8.09. The fourth-order valence-electron chi connectivity index (χ4n) is 1.89. The van der Waals surface area contributed by atoms with Gasteiger partial charge in [-0.05, 0) is 31.0 Å². The fourth-order valence-corrected chi connectivity index (χ4v) is 1.89. The first-order valence-electron chi connectivity index (χ1n) is 6.61. The first kappa shape index (κ1) is 14.1. The van der Waals surface area contributed by atoms with Crippen LogP contribution >= 0.6 is 0 Å². The monoisotopic (exact) mass is 272 g/mol. The van der Waals surface area contributed by atoms with Gasteiger partial charge in [0.2, 0.25) is 5.95 Å². The van der Waals surface area contributed by atoms with Gasteiger partial charge >= 0.3 is 0 Å². The van der Waals surface area contributed by atoms with E-state index >= 15 is 0 Å². The second-order valence-corrected chi connectivity index (χ2v) is 4.50. The molecule has 0 bridgehead atoms. The summed E-state index contributed by atoms with van der Waals surface area (Å²) in [5.41, 5.74) is 2.27. The Labute approximate surface area is 119 Å². The van der Waals surface area contributed by atoms with E-state index in [-0.39, 0.29) is 0 Å². The molecule has 5 heteroatoms. The Morgan fingerprint density at radius 3 is 2.90 bits per heavy atom. The van der Waals surface area contributed by atoms with Crippen LogP contribution in [0.3, 0.4) is 0 Å². The molecule has 0 saturated heterocycles. The summed E-state index contributed by atoms with van der Waals surface area (Å²) in [6.07, 6.45) is 2.72. The molecule has 0 atom stereocenters. The van der Waals surface area contributed by atoms with E-state index in [2.05, 4.69) is 26.7 Å². The van der Waals surface area contributed by atoms with Crippen molar-refractivity contribution in [2.75, 3.05) is 31.3 Å². The van der Waals surface area contributed by atoms with Crippen molar-refractivity contribution in [3.63, 3.8) is 0 Å². The second-order valence-electron chi connectivity index (χ2n) is 4.50. The Kier molecular flexibility index (Phi) is 4.76. The van der Waals surface area contributed by atoms with Crippen molar-refractivity contribution in [3.8, 4) is 5.75 Å². The normalized spacial score (nSPS) is 10.2. The summed E-state index contributed by atoms with van der Waals surface area (Å²) in [6.45, 7) is 2.81. The molecule has 0 aliphatic rings. The lowest BCUT2D eigenvalue weighted by atomic mass is 10.1. The van der Waals surface area contributed by atoms with Crippen molar-refractivity contribution in [1.29, 1.82) is 0 Å². The predicted molar refractivity (Wildman–Crippen MR) is 81.5 cm³/mol. The molecule has 0 saturated carbocycles. The third-order valence-electron chi connectivity index (χ3n) is 3.04. The maximum absolute atomic E-state index is 5.22. The van der Waals surface area contributed by atoms with Gasteiger partial charge in [0.25, 0.3) is 0 Å². The lowest BCUT2D eigenvalue weighted by Gasteiger charge is -2.10. The largest absolute Gasteiger partial charge is 0.497 e. The Morgan fingerprint density at radius 1 is 1.30 bits per heavy atom. The second kappa shape index (κ2) is 6.75. The SMILES string of the molecule is CNc1ncc(C)c(NCCc2cccc(OC)c2)n1. The van der Waals surface area contributed by atoms with Gasteiger partial charge in [-0.2, -0.15) is 4.98 Å². The molecule has 2 rings (SSSR count). The molecule has 5 nitrogen and oxygen atoms in total. The first-order chi connectivity index (χ1) is 9.72. The summed E-state index contributed by atoms with van der Waals surface area (Å²) in [4.78, 5) is 8.57. The third-order valence-corrected chi connectivity index (χ3v) is 3.04. The zero-order valence-corrected chi connectivity index (χ0v) is 12.1. The number of anilines is 2. The number of methoxy groups -OCH3 is 1. The van der Waals surface area contributed by atoms with Gasteiger partial charge in [0.05, 0.1) is 7.11 Å². The molecule has 106 valence electrons. The number of hydrogen-bond acceptors (Lipinski definition) is 5. The molecule has 0 fully saturated rings. The summed E-state index contributed by atoms with van der Waals surface area (Å²) >= 11 is 0. The Balaban J connectivity index is 1.95. The quantitative estimate of drug-likeness (QED) is 0.846. The Hall–Kier alpha value is -2.30. The standard InChI is InChI=1S/C15H20N4O/c1-11-10-18-15(16-2)19-14(11)17-8-7-12-5-4-6-13(9-12)20-3/h4-6,9-10H,7-8H2,1-3H3,(H2,16,17,18,19). The van der Waals surface area contributed by atoms with Crippen molar-refractivity contribution in [2.45, 2.75) is 13.3 Å². The molecule has 2 N–H and O–H groups in total. The molecule has 0 spiro atoms. The zero-order chi connectivity index (χ0) is 14.4. The number of nitrogens with zero attached hydrogens (tertiary/aromatic N) is 2. The van der Waals surface area contributed by atoms with Gasteiger partial charge < -0.3 is 15.4 Å². The summed E-state index contributed by atoms with van der Waals surface area (Å²) in [5.74, 6) is 2.38. The lowest BCUT2D eigenvalue weighted by Crippen LogP contribution is -2.09. The van der Waals surface area contributed by atoms with Gasteiger partial charge in [0, 0.05) is 25.4 Å². The van der Waals surface area contributed by atoms with E-state index in [4.69, 9.17) is 4.74 Å². The molecule has 20 heavy (non-hydrogen) atoms.